The lowest BCUT2D eigenvalue weighted by Gasteiger charge is -2.67. The van der Waals surface area contributed by atoms with Crippen LogP contribution in [0, 0.1) is 16.7 Å². The molecule has 356 valence electrons. The Morgan fingerprint density at radius 3 is 2.00 bits per heavy atom. The van der Waals surface area contributed by atoms with Gasteiger partial charge in [-0.2, -0.15) is 0 Å². The standard InChI is InChI=1S/C50H56N2O15/c1-27-33(64-46(60)40(65-36(56)22-23-51)38(30-16-10-7-11-17-30)52-44(58)31-18-12-8-13-19-31)25-50(61)43(66-45(59)32-20-14-9-15-21-32)41-48(6,34(55)24-35-49(41,26-62-35)67-29(3)54)42(57)39(63-28(2)53)37(27)47(50,4)5/h7-21,33-35,38-41,43,55,61H,22-26,51H2,1-6H3,(H,52,58)/t33-,34-,35+,38-,39+,40+,41-,43-,48+,49-,50+/m0/s1. The van der Waals surface area contributed by atoms with Crippen LogP contribution >= 0.6 is 0 Å². The molecular formula is C50H56N2O15. The number of hydrogen-bond donors (Lipinski definition) is 4. The van der Waals surface area contributed by atoms with E-state index in [1.807, 2.05) is 0 Å². The zero-order valence-corrected chi connectivity index (χ0v) is 38.1. The third-order valence-corrected chi connectivity index (χ3v) is 14.1. The van der Waals surface area contributed by atoms with Gasteiger partial charge in [-0.3, -0.25) is 24.0 Å². The van der Waals surface area contributed by atoms with Crippen LogP contribution in [0.3, 0.4) is 0 Å². The Labute approximate surface area is 387 Å². The first-order valence-electron chi connectivity index (χ1n) is 22.1. The molecule has 0 aromatic heterocycles. The van der Waals surface area contributed by atoms with E-state index in [4.69, 9.17) is 34.2 Å². The fourth-order valence-corrected chi connectivity index (χ4v) is 10.6. The number of rotatable bonds is 13. The number of carbonyl (C=O) groups excluding carboxylic acids is 7. The third-order valence-electron chi connectivity index (χ3n) is 14.1. The Morgan fingerprint density at radius 1 is 0.851 bits per heavy atom. The minimum absolute atomic E-state index is 0.0333. The first kappa shape index (κ1) is 48.7. The van der Waals surface area contributed by atoms with E-state index in [1.165, 1.54) is 26.0 Å². The zero-order chi connectivity index (χ0) is 48.6. The molecule has 1 heterocycles. The van der Waals surface area contributed by atoms with Gasteiger partial charge in [0.25, 0.3) is 5.91 Å². The predicted molar refractivity (Wildman–Crippen MR) is 235 cm³/mol. The maximum atomic E-state index is 15.6. The minimum Gasteiger partial charge on any atom is -0.455 e. The molecule has 2 bridgehead atoms. The van der Waals surface area contributed by atoms with Crippen molar-refractivity contribution in [1.29, 1.82) is 0 Å². The van der Waals surface area contributed by atoms with E-state index in [-0.39, 0.29) is 48.3 Å². The summed E-state index contributed by atoms with van der Waals surface area (Å²) in [5, 5.41) is 28.8. The summed E-state index contributed by atoms with van der Waals surface area (Å²) in [5.41, 5.74) is -1.62. The van der Waals surface area contributed by atoms with Crippen molar-refractivity contribution in [3.05, 3.63) is 119 Å². The van der Waals surface area contributed by atoms with Crippen molar-refractivity contribution in [3.8, 4) is 0 Å². The second-order valence-corrected chi connectivity index (χ2v) is 18.4. The fraction of sp³-hybridized carbons (Fsp3) is 0.460. The molecule has 1 saturated heterocycles. The molecular weight excluding hydrogens is 869 g/mol. The van der Waals surface area contributed by atoms with Crippen LogP contribution in [0.1, 0.15) is 93.1 Å². The van der Waals surface area contributed by atoms with Crippen LogP contribution in [0.25, 0.3) is 0 Å². The molecule has 3 fully saturated rings. The molecule has 7 rings (SSSR count). The number of nitrogens with two attached hydrogens (primary N) is 1. The first-order valence-corrected chi connectivity index (χ1v) is 22.1. The summed E-state index contributed by atoms with van der Waals surface area (Å²) in [5.74, 6) is -7.87. The first-order chi connectivity index (χ1) is 31.7. The number of benzene rings is 3. The number of aliphatic hydroxyl groups excluding tert-OH is 1. The number of fused-ring (bicyclic) bond motifs is 5. The average molecular weight is 925 g/mol. The van der Waals surface area contributed by atoms with Crippen molar-refractivity contribution < 1.29 is 72.2 Å². The van der Waals surface area contributed by atoms with Gasteiger partial charge in [0.05, 0.1) is 36.0 Å². The summed E-state index contributed by atoms with van der Waals surface area (Å²) in [6.45, 7) is 7.74. The van der Waals surface area contributed by atoms with E-state index in [1.54, 1.807) is 92.7 Å². The molecule has 1 aliphatic heterocycles. The highest BCUT2D eigenvalue weighted by atomic mass is 16.6. The van der Waals surface area contributed by atoms with Crippen molar-refractivity contribution in [2.24, 2.45) is 22.5 Å². The number of amides is 1. The highest BCUT2D eigenvalue weighted by molar-refractivity contribution is 5.96. The highest BCUT2D eigenvalue weighted by Crippen LogP contribution is 2.64. The van der Waals surface area contributed by atoms with Gasteiger partial charge in [-0.15, -0.1) is 0 Å². The molecule has 17 heteroatoms. The predicted octanol–water partition coefficient (Wildman–Crippen LogP) is 3.64. The quantitative estimate of drug-likeness (QED) is 0.108. The lowest BCUT2D eigenvalue weighted by atomic mass is 9.44. The van der Waals surface area contributed by atoms with Crippen LogP contribution in [0.5, 0.6) is 0 Å². The van der Waals surface area contributed by atoms with Gasteiger partial charge < -0.3 is 49.7 Å². The number of esters is 5. The number of Topliss-reactive ketones (excluding diaryl/α,β-unsaturated/α-hetero) is 1. The summed E-state index contributed by atoms with van der Waals surface area (Å²) >= 11 is 0. The van der Waals surface area contributed by atoms with Crippen LogP contribution in [-0.2, 0) is 52.4 Å². The Kier molecular flexibility index (Phi) is 13.6. The van der Waals surface area contributed by atoms with Crippen LogP contribution in [-0.4, -0.2) is 113 Å². The van der Waals surface area contributed by atoms with Crippen molar-refractivity contribution in [1.82, 2.24) is 5.32 Å². The Balaban J connectivity index is 1.42. The topological polar surface area (TPSA) is 253 Å². The van der Waals surface area contributed by atoms with Gasteiger partial charge in [-0.05, 0) is 54.8 Å². The molecule has 67 heavy (non-hydrogen) atoms. The normalized spacial score (nSPS) is 30.3. The smallest absolute Gasteiger partial charge is 0.350 e. The molecule has 11 atom stereocenters. The molecule has 2 saturated carbocycles. The molecule has 5 N–H and O–H groups in total. The SMILES string of the molecule is CC(=O)O[C@H]1C(=O)[C@@]2(C)[C@H]([C@H](OC(=O)c3ccccc3)[C@]3(O)C[C@H](OC(=O)[C@H](OC(=O)CCN)[C@@H](NC(=O)c4ccccc4)c4ccccc4)C(C)=C1C3(C)C)[C@]1(OC(C)=O)CO[C@@H]1C[C@@H]2O. The van der Waals surface area contributed by atoms with Gasteiger partial charge in [0, 0.05) is 44.2 Å². The summed E-state index contributed by atoms with van der Waals surface area (Å²) in [7, 11) is 0. The highest BCUT2D eigenvalue weighted by Gasteiger charge is 2.78. The maximum Gasteiger partial charge on any atom is 0.350 e. The van der Waals surface area contributed by atoms with E-state index >= 15 is 9.59 Å². The van der Waals surface area contributed by atoms with Crippen LogP contribution < -0.4 is 11.1 Å². The second-order valence-electron chi connectivity index (χ2n) is 18.4. The van der Waals surface area contributed by atoms with Gasteiger partial charge in [0.15, 0.2) is 17.5 Å². The molecule has 3 aromatic rings. The molecule has 1 amide bonds. The lowest BCUT2D eigenvalue weighted by Crippen LogP contribution is -2.82. The van der Waals surface area contributed by atoms with E-state index in [0.717, 1.165) is 13.8 Å². The average Bonchev–Trinajstić information content (AvgIpc) is 3.29. The third kappa shape index (κ3) is 8.65. The fourth-order valence-electron chi connectivity index (χ4n) is 10.6. The van der Waals surface area contributed by atoms with Crippen molar-refractivity contribution >= 4 is 41.5 Å². The van der Waals surface area contributed by atoms with E-state index in [0.29, 0.717) is 5.56 Å². The monoisotopic (exact) mass is 924 g/mol. The number of ether oxygens (including phenoxy) is 6. The molecule has 3 aromatic carbocycles. The van der Waals surface area contributed by atoms with Gasteiger partial charge >= 0.3 is 29.8 Å². The van der Waals surface area contributed by atoms with Gasteiger partial charge in [-0.25, -0.2) is 9.59 Å². The Hall–Kier alpha value is -6.27. The maximum absolute atomic E-state index is 15.6. The molecule has 4 aliphatic rings. The van der Waals surface area contributed by atoms with E-state index in [2.05, 4.69) is 5.32 Å². The lowest BCUT2D eigenvalue weighted by molar-refractivity contribution is -0.346. The summed E-state index contributed by atoms with van der Waals surface area (Å²) < 4.78 is 36.5. The number of carbonyl (C=O) groups is 7. The van der Waals surface area contributed by atoms with Gasteiger partial charge in [0.2, 0.25) is 6.10 Å². The summed E-state index contributed by atoms with van der Waals surface area (Å²) in [6.07, 6.45) is -11.0. The molecule has 3 aliphatic carbocycles. The largest absolute Gasteiger partial charge is 0.455 e. The van der Waals surface area contributed by atoms with E-state index < -0.39 is 119 Å². The number of hydrogen-bond acceptors (Lipinski definition) is 16. The van der Waals surface area contributed by atoms with Gasteiger partial charge in [0.1, 0.15) is 30.0 Å². The number of aliphatic hydroxyl groups is 2. The van der Waals surface area contributed by atoms with Crippen LogP contribution in [0.4, 0.5) is 0 Å². The molecule has 0 unspecified atom stereocenters. The molecule has 0 spiro atoms. The number of ketones is 1. The summed E-state index contributed by atoms with van der Waals surface area (Å²) in [4.78, 5) is 98.3. The zero-order valence-electron chi connectivity index (χ0n) is 38.1. The van der Waals surface area contributed by atoms with Gasteiger partial charge in [-0.1, -0.05) is 80.6 Å². The number of nitrogens with one attached hydrogen (secondary N) is 1. The van der Waals surface area contributed by atoms with Crippen molar-refractivity contribution in [2.75, 3.05) is 13.2 Å². The van der Waals surface area contributed by atoms with Crippen molar-refractivity contribution in [2.45, 2.75) is 115 Å². The van der Waals surface area contributed by atoms with Crippen LogP contribution in [0.15, 0.2) is 102 Å². The Bertz CT molecular complexity index is 2440. The molecule has 17 nitrogen and oxygen atoms in total. The van der Waals surface area contributed by atoms with Crippen LogP contribution in [0.2, 0.25) is 0 Å². The Morgan fingerprint density at radius 2 is 1.45 bits per heavy atom. The minimum atomic E-state index is -2.45. The molecule has 0 radical (unpaired) electrons. The summed E-state index contributed by atoms with van der Waals surface area (Å²) in [6, 6.07) is 22.8. The van der Waals surface area contributed by atoms with E-state index in [9.17, 15) is 34.2 Å². The van der Waals surface area contributed by atoms with Crippen molar-refractivity contribution in [3.63, 3.8) is 0 Å². The second kappa shape index (κ2) is 18.8.